The summed E-state index contributed by atoms with van der Waals surface area (Å²) in [6.07, 6.45) is 1.89. The molecule has 6 nitrogen and oxygen atoms in total. The molecule has 0 saturated carbocycles. The molecule has 1 aliphatic rings. The Hall–Kier alpha value is -0.860. The van der Waals surface area contributed by atoms with Gasteiger partial charge in [0, 0.05) is 37.7 Å². The molecule has 1 heterocycles. The first-order chi connectivity index (χ1) is 11.3. The molecule has 1 aromatic rings. The van der Waals surface area contributed by atoms with E-state index in [1.165, 1.54) is 0 Å². The number of rotatable bonds is 6. The Balaban J connectivity index is 1.79. The molecular weight excluding hydrogens is 373 g/mol. The van der Waals surface area contributed by atoms with Crippen LogP contribution >= 0.6 is 23.2 Å². The maximum absolute atomic E-state index is 12.5. The molecule has 0 aliphatic carbocycles. The summed E-state index contributed by atoms with van der Waals surface area (Å²) < 4.78 is 24.5. The topological polar surface area (TPSA) is 69.7 Å². The van der Waals surface area contributed by atoms with Crippen LogP contribution in [0.15, 0.2) is 18.2 Å². The maximum Gasteiger partial charge on any atom is 0.255 e. The number of amides is 1. The van der Waals surface area contributed by atoms with Gasteiger partial charge in [-0.05, 0) is 31.2 Å². The normalized spacial score (nSPS) is 16.4. The Labute approximate surface area is 152 Å². The van der Waals surface area contributed by atoms with Crippen molar-refractivity contribution >= 4 is 39.1 Å². The number of hydrogen-bond donors (Lipinski definition) is 1. The molecule has 134 valence electrons. The van der Waals surface area contributed by atoms with E-state index in [1.807, 2.05) is 0 Å². The third-order valence-electron chi connectivity index (χ3n) is 3.84. The molecule has 0 bridgehead atoms. The summed E-state index contributed by atoms with van der Waals surface area (Å²) in [7, 11) is -3.13. The number of piperazine rings is 1. The molecule has 2 rings (SSSR count). The lowest BCUT2D eigenvalue weighted by Gasteiger charge is -2.35. The van der Waals surface area contributed by atoms with E-state index in [-0.39, 0.29) is 5.91 Å². The van der Waals surface area contributed by atoms with E-state index >= 15 is 0 Å². The third kappa shape index (κ3) is 5.89. The lowest BCUT2D eigenvalue weighted by molar-refractivity contribution is 0.0636. The van der Waals surface area contributed by atoms with Crippen molar-refractivity contribution in [2.45, 2.75) is 6.42 Å². The van der Waals surface area contributed by atoms with Gasteiger partial charge in [0.15, 0.2) is 0 Å². The molecule has 0 atom stereocenters. The van der Waals surface area contributed by atoms with Crippen molar-refractivity contribution in [3.8, 4) is 0 Å². The van der Waals surface area contributed by atoms with Crippen LogP contribution in [0.3, 0.4) is 0 Å². The molecule has 1 N–H and O–H groups in total. The molecule has 1 aliphatic heterocycles. The van der Waals surface area contributed by atoms with Gasteiger partial charge in [-0.25, -0.2) is 13.1 Å². The van der Waals surface area contributed by atoms with Crippen LogP contribution in [-0.2, 0) is 10.0 Å². The van der Waals surface area contributed by atoms with E-state index in [4.69, 9.17) is 23.2 Å². The van der Waals surface area contributed by atoms with E-state index in [0.29, 0.717) is 35.2 Å². The van der Waals surface area contributed by atoms with Crippen LogP contribution in [0.25, 0.3) is 0 Å². The fourth-order valence-corrected chi connectivity index (χ4v) is 3.57. The number of hydrogen-bond acceptors (Lipinski definition) is 4. The van der Waals surface area contributed by atoms with E-state index in [1.54, 1.807) is 23.1 Å². The highest BCUT2D eigenvalue weighted by Crippen LogP contribution is 2.22. The van der Waals surface area contributed by atoms with Crippen LogP contribution in [0.2, 0.25) is 10.0 Å². The zero-order valence-electron chi connectivity index (χ0n) is 13.5. The fourth-order valence-electron chi connectivity index (χ4n) is 2.57. The minimum atomic E-state index is -3.13. The Morgan fingerprint density at radius 2 is 1.88 bits per heavy atom. The van der Waals surface area contributed by atoms with Gasteiger partial charge < -0.3 is 4.90 Å². The van der Waals surface area contributed by atoms with Crippen LogP contribution in [0.1, 0.15) is 16.8 Å². The van der Waals surface area contributed by atoms with Crippen molar-refractivity contribution in [1.82, 2.24) is 14.5 Å². The highest BCUT2D eigenvalue weighted by atomic mass is 35.5. The maximum atomic E-state index is 12.5. The Bertz CT molecular complexity index is 689. The number of sulfonamides is 1. The zero-order chi connectivity index (χ0) is 17.7. The van der Waals surface area contributed by atoms with E-state index in [0.717, 1.165) is 32.3 Å². The van der Waals surface area contributed by atoms with Crippen molar-refractivity contribution in [2.24, 2.45) is 0 Å². The van der Waals surface area contributed by atoms with Gasteiger partial charge in [-0.2, -0.15) is 0 Å². The fraction of sp³-hybridized carbons (Fsp3) is 0.533. The van der Waals surface area contributed by atoms with Crippen molar-refractivity contribution < 1.29 is 13.2 Å². The van der Waals surface area contributed by atoms with Gasteiger partial charge in [-0.3, -0.25) is 9.69 Å². The molecule has 24 heavy (non-hydrogen) atoms. The van der Waals surface area contributed by atoms with Gasteiger partial charge in [0.2, 0.25) is 10.0 Å². The molecule has 0 spiro atoms. The molecular formula is C15H21Cl2N3O3S. The first-order valence-electron chi connectivity index (χ1n) is 7.67. The zero-order valence-corrected chi connectivity index (χ0v) is 15.8. The molecule has 0 unspecified atom stereocenters. The van der Waals surface area contributed by atoms with Gasteiger partial charge in [0.1, 0.15) is 0 Å². The van der Waals surface area contributed by atoms with Crippen molar-refractivity contribution in [2.75, 3.05) is 45.5 Å². The average molecular weight is 394 g/mol. The van der Waals surface area contributed by atoms with Crippen LogP contribution in [-0.4, -0.2) is 69.6 Å². The van der Waals surface area contributed by atoms with Gasteiger partial charge >= 0.3 is 0 Å². The van der Waals surface area contributed by atoms with Crippen molar-refractivity contribution in [1.29, 1.82) is 0 Å². The second-order valence-electron chi connectivity index (χ2n) is 5.78. The SMILES string of the molecule is CS(=O)(=O)NCCCN1CCN(C(=O)c2ccc(Cl)cc2Cl)CC1. The summed E-state index contributed by atoms with van der Waals surface area (Å²) in [5.74, 6) is -0.0879. The van der Waals surface area contributed by atoms with Crippen LogP contribution < -0.4 is 4.72 Å². The minimum absolute atomic E-state index is 0.0879. The molecule has 1 aromatic carbocycles. The van der Waals surface area contributed by atoms with Crippen molar-refractivity contribution in [3.63, 3.8) is 0 Å². The molecule has 0 radical (unpaired) electrons. The predicted molar refractivity (Wildman–Crippen MR) is 96.3 cm³/mol. The molecule has 1 amide bonds. The Morgan fingerprint density at radius 3 is 2.46 bits per heavy atom. The van der Waals surface area contributed by atoms with Gasteiger partial charge in [-0.15, -0.1) is 0 Å². The summed E-state index contributed by atoms with van der Waals surface area (Å²) in [4.78, 5) is 16.5. The third-order valence-corrected chi connectivity index (χ3v) is 5.11. The summed E-state index contributed by atoms with van der Waals surface area (Å²) in [6.45, 7) is 3.99. The number of carbonyl (C=O) groups excluding carboxylic acids is 1. The largest absolute Gasteiger partial charge is 0.336 e. The lowest BCUT2D eigenvalue weighted by atomic mass is 10.1. The first-order valence-corrected chi connectivity index (χ1v) is 10.3. The molecule has 0 aromatic heterocycles. The van der Waals surface area contributed by atoms with E-state index < -0.39 is 10.0 Å². The Morgan fingerprint density at radius 1 is 1.21 bits per heavy atom. The van der Waals surface area contributed by atoms with Gasteiger partial charge in [-0.1, -0.05) is 23.2 Å². The van der Waals surface area contributed by atoms with Gasteiger partial charge in [0.05, 0.1) is 16.8 Å². The molecule has 1 fully saturated rings. The number of nitrogens with one attached hydrogen (secondary N) is 1. The second kappa shape index (κ2) is 8.49. The number of halogens is 2. The van der Waals surface area contributed by atoms with Crippen LogP contribution in [0.5, 0.6) is 0 Å². The standard InChI is InChI=1S/C15H21Cl2N3O3S/c1-24(22,23)18-5-2-6-19-7-9-20(10-8-19)15(21)13-4-3-12(16)11-14(13)17/h3-4,11,18H,2,5-10H2,1H3. The molecule has 1 saturated heterocycles. The number of benzene rings is 1. The number of nitrogens with zero attached hydrogens (tertiary/aromatic N) is 2. The number of carbonyl (C=O) groups is 1. The quantitative estimate of drug-likeness (QED) is 0.746. The molecule has 9 heteroatoms. The van der Waals surface area contributed by atoms with Crippen LogP contribution in [0.4, 0.5) is 0 Å². The van der Waals surface area contributed by atoms with E-state index in [9.17, 15) is 13.2 Å². The monoisotopic (exact) mass is 393 g/mol. The Kier molecular flexibility index (Phi) is 6.88. The summed E-state index contributed by atoms with van der Waals surface area (Å²) in [6, 6.07) is 4.88. The highest BCUT2D eigenvalue weighted by molar-refractivity contribution is 7.88. The average Bonchev–Trinajstić information content (AvgIpc) is 2.51. The van der Waals surface area contributed by atoms with Crippen LogP contribution in [0, 0.1) is 0 Å². The lowest BCUT2D eigenvalue weighted by Crippen LogP contribution is -2.49. The van der Waals surface area contributed by atoms with Crippen molar-refractivity contribution in [3.05, 3.63) is 33.8 Å². The minimum Gasteiger partial charge on any atom is -0.336 e. The van der Waals surface area contributed by atoms with Gasteiger partial charge in [0.25, 0.3) is 5.91 Å². The first kappa shape index (κ1) is 19.5. The smallest absolute Gasteiger partial charge is 0.255 e. The summed E-state index contributed by atoms with van der Waals surface area (Å²) in [5.41, 5.74) is 0.465. The predicted octanol–water partition coefficient (Wildman–Crippen LogP) is 1.69. The summed E-state index contributed by atoms with van der Waals surface area (Å²) in [5, 5.41) is 0.867. The second-order valence-corrected chi connectivity index (χ2v) is 8.45. The highest BCUT2D eigenvalue weighted by Gasteiger charge is 2.23. The van der Waals surface area contributed by atoms with E-state index in [2.05, 4.69) is 9.62 Å². The summed E-state index contributed by atoms with van der Waals surface area (Å²) >= 11 is 12.0.